The van der Waals surface area contributed by atoms with Crippen molar-refractivity contribution in [1.82, 2.24) is 5.32 Å². The Morgan fingerprint density at radius 3 is 2.45 bits per heavy atom. The number of primary amides is 1. The topological polar surface area (TPSA) is 124 Å². The number of nitriles is 1. The summed E-state index contributed by atoms with van der Waals surface area (Å²) in [5.74, 6) is -3.38. The molecule has 2 aromatic rings. The van der Waals surface area contributed by atoms with E-state index in [1.807, 2.05) is 6.07 Å². The van der Waals surface area contributed by atoms with Crippen LogP contribution in [0.25, 0.3) is 0 Å². The molecule has 164 valence electrons. The summed E-state index contributed by atoms with van der Waals surface area (Å²) in [5, 5.41) is 11.6. The highest BCUT2D eigenvalue weighted by Crippen LogP contribution is 2.28. The third kappa shape index (κ3) is 6.13. The molecular weight excluding hydrogens is 412 g/mol. The molecule has 0 bridgehead atoms. The number of hydrogen-bond donors (Lipinski definition) is 2. The van der Waals surface area contributed by atoms with E-state index >= 15 is 0 Å². The van der Waals surface area contributed by atoms with E-state index in [-0.39, 0.29) is 30.2 Å². The van der Waals surface area contributed by atoms with Crippen molar-refractivity contribution in [1.29, 1.82) is 5.26 Å². The molecule has 10 heteroatoms. The second-order valence-corrected chi connectivity index (χ2v) is 6.25. The summed E-state index contributed by atoms with van der Waals surface area (Å²) in [7, 11) is 1.26. The van der Waals surface area contributed by atoms with Gasteiger partial charge in [-0.1, -0.05) is 6.07 Å². The van der Waals surface area contributed by atoms with Crippen LogP contribution in [-0.4, -0.2) is 32.1 Å². The van der Waals surface area contributed by atoms with Gasteiger partial charge in [-0.2, -0.15) is 5.26 Å². The van der Waals surface area contributed by atoms with Gasteiger partial charge in [0.2, 0.25) is 0 Å². The first-order valence-corrected chi connectivity index (χ1v) is 9.17. The number of benzene rings is 2. The Morgan fingerprint density at radius 2 is 1.90 bits per heavy atom. The molecule has 2 aromatic carbocycles. The zero-order valence-electron chi connectivity index (χ0n) is 16.9. The molecule has 2 amide bonds. The Hall–Kier alpha value is -3.71. The highest BCUT2D eigenvalue weighted by molar-refractivity contribution is 5.82. The highest BCUT2D eigenvalue weighted by Gasteiger charge is 2.28. The van der Waals surface area contributed by atoms with E-state index in [1.54, 1.807) is 6.92 Å². The fourth-order valence-corrected chi connectivity index (χ4v) is 2.71. The number of nitrogens with two attached hydrogens (primary N) is 1. The number of halogens is 2. The second kappa shape index (κ2) is 10.9. The van der Waals surface area contributed by atoms with Crippen molar-refractivity contribution in [3.05, 3.63) is 58.7 Å². The number of nitrogens with one attached hydrogen (secondary N) is 1. The van der Waals surface area contributed by atoms with Crippen molar-refractivity contribution in [2.75, 3.05) is 20.3 Å². The SMILES string of the molecule is CCOC(C(=O)NCc1ccc(C#N)cc1OCC(N)=O)c1c(F)cc(OC)cc1F. The smallest absolute Gasteiger partial charge is 0.255 e. The Balaban J connectivity index is 2.25. The van der Waals surface area contributed by atoms with Gasteiger partial charge < -0.3 is 25.3 Å². The van der Waals surface area contributed by atoms with Crippen LogP contribution in [0.2, 0.25) is 0 Å². The van der Waals surface area contributed by atoms with Crippen LogP contribution in [0, 0.1) is 23.0 Å². The Morgan fingerprint density at radius 1 is 1.23 bits per heavy atom. The molecule has 0 radical (unpaired) electrons. The molecule has 2 rings (SSSR count). The van der Waals surface area contributed by atoms with E-state index in [0.29, 0.717) is 5.56 Å². The standard InChI is InChI=1S/C21H21F2N3O5/c1-3-30-20(19-15(22)7-14(29-2)8-16(19)23)21(28)26-10-13-5-4-12(9-24)6-17(13)31-11-18(25)27/h4-8,20H,3,10-11H2,1-2H3,(H2,25,27)(H,26,28). The average molecular weight is 433 g/mol. The second-order valence-electron chi connectivity index (χ2n) is 6.25. The molecule has 31 heavy (non-hydrogen) atoms. The molecule has 0 aliphatic rings. The maximum Gasteiger partial charge on any atom is 0.255 e. The number of methoxy groups -OCH3 is 1. The Bertz CT molecular complexity index is 984. The zero-order chi connectivity index (χ0) is 23.0. The van der Waals surface area contributed by atoms with Crippen LogP contribution < -0.4 is 20.5 Å². The summed E-state index contributed by atoms with van der Waals surface area (Å²) < 4.78 is 44.3. The molecule has 0 fully saturated rings. The highest BCUT2D eigenvalue weighted by atomic mass is 19.1. The third-order valence-corrected chi connectivity index (χ3v) is 4.14. The number of amides is 2. The summed E-state index contributed by atoms with van der Waals surface area (Å²) in [6.45, 7) is 1.05. The molecule has 0 aromatic heterocycles. The molecule has 1 atom stereocenters. The Kier molecular flexibility index (Phi) is 8.28. The fourth-order valence-electron chi connectivity index (χ4n) is 2.71. The van der Waals surface area contributed by atoms with Gasteiger partial charge in [-0.05, 0) is 19.1 Å². The number of carbonyl (C=O) groups is 2. The van der Waals surface area contributed by atoms with E-state index in [0.717, 1.165) is 12.1 Å². The minimum absolute atomic E-state index is 0.0207. The molecule has 3 N–H and O–H groups in total. The van der Waals surface area contributed by atoms with Gasteiger partial charge in [-0.3, -0.25) is 9.59 Å². The number of hydrogen-bond acceptors (Lipinski definition) is 6. The summed E-state index contributed by atoms with van der Waals surface area (Å²) >= 11 is 0. The van der Waals surface area contributed by atoms with E-state index < -0.39 is 41.7 Å². The summed E-state index contributed by atoms with van der Waals surface area (Å²) in [4.78, 5) is 23.7. The van der Waals surface area contributed by atoms with E-state index in [2.05, 4.69) is 5.32 Å². The maximum absolute atomic E-state index is 14.4. The van der Waals surface area contributed by atoms with Gasteiger partial charge in [0.15, 0.2) is 12.7 Å². The van der Waals surface area contributed by atoms with Gasteiger partial charge in [-0.15, -0.1) is 0 Å². The van der Waals surface area contributed by atoms with Crippen LogP contribution in [0.5, 0.6) is 11.5 Å². The van der Waals surface area contributed by atoms with Gasteiger partial charge in [-0.25, -0.2) is 8.78 Å². The summed E-state index contributed by atoms with van der Waals surface area (Å²) in [5.41, 5.74) is 5.21. The first-order valence-electron chi connectivity index (χ1n) is 9.17. The maximum atomic E-state index is 14.4. The van der Waals surface area contributed by atoms with Crippen LogP contribution in [-0.2, 0) is 20.9 Å². The van der Waals surface area contributed by atoms with E-state index in [4.69, 9.17) is 25.2 Å². The predicted molar refractivity (Wildman–Crippen MR) is 105 cm³/mol. The molecule has 0 saturated heterocycles. The summed E-state index contributed by atoms with van der Waals surface area (Å²) in [6, 6.07) is 8.22. The number of carbonyl (C=O) groups excluding carboxylic acids is 2. The van der Waals surface area contributed by atoms with Crippen LogP contribution in [0.15, 0.2) is 30.3 Å². The van der Waals surface area contributed by atoms with Crippen LogP contribution in [0.3, 0.4) is 0 Å². The Labute approximate surface area is 177 Å². The molecule has 0 heterocycles. The number of ether oxygens (including phenoxy) is 3. The number of nitrogens with zero attached hydrogens (tertiary/aromatic N) is 1. The van der Waals surface area contributed by atoms with Gasteiger partial charge >= 0.3 is 0 Å². The predicted octanol–water partition coefficient (Wildman–Crippen LogP) is 2.10. The number of rotatable bonds is 10. The molecule has 0 aliphatic carbocycles. The third-order valence-electron chi connectivity index (χ3n) is 4.14. The van der Waals surface area contributed by atoms with Crippen LogP contribution in [0.4, 0.5) is 8.78 Å². The lowest BCUT2D eigenvalue weighted by atomic mass is 10.1. The van der Waals surface area contributed by atoms with Crippen molar-refractivity contribution < 1.29 is 32.6 Å². The van der Waals surface area contributed by atoms with Crippen molar-refractivity contribution >= 4 is 11.8 Å². The average Bonchev–Trinajstić information content (AvgIpc) is 2.74. The van der Waals surface area contributed by atoms with Crippen molar-refractivity contribution in [3.8, 4) is 17.6 Å². The van der Waals surface area contributed by atoms with E-state index in [1.165, 1.54) is 25.3 Å². The molecule has 8 nitrogen and oxygen atoms in total. The first-order chi connectivity index (χ1) is 14.8. The van der Waals surface area contributed by atoms with Gasteiger partial charge in [0.1, 0.15) is 23.1 Å². The lowest BCUT2D eigenvalue weighted by Crippen LogP contribution is -2.32. The first kappa shape index (κ1) is 23.6. The van der Waals surface area contributed by atoms with Crippen molar-refractivity contribution in [2.24, 2.45) is 5.73 Å². The van der Waals surface area contributed by atoms with Gasteiger partial charge in [0, 0.05) is 30.8 Å². The van der Waals surface area contributed by atoms with Crippen LogP contribution >= 0.6 is 0 Å². The molecule has 0 saturated carbocycles. The minimum atomic E-state index is -1.55. The molecule has 1 unspecified atom stereocenters. The van der Waals surface area contributed by atoms with Crippen molar-refractivity contribution in [2.45, 2.75) is 19.6 Å². The van der Waals surface area contributed by atoms with Crippen molar-refractivity contribution in [3.63, 3.8) is 0 Å². The normalized spacial score (nSPS) is 11.3. The lowest BCUT2D eigenvalue weighted by molar-refractivity contribution is -0.133. The van der Waals surface area contributed by atoms with Gasteiger partial charge in [0.25, 0.3) is 11.8 Å². The molecule has 0 spiro atoms. The monoisotopic (exact) mass is 433 g/mol. The minimum Gasteiger partial charge on any atom is -0.497 e. The molecule has 0 aliphatic heterocycles. The molecular formula is C21H21F2N3O5. The van der Waals surface area contributed by atoms with Gasteiger partial charge in [0.05, 0.1) is 24.3 Å². The van der Waals surface area contributed by atoms with E-state index in [9.17, 15) is 18.4 Å². The quantitative estimate of drug-likeness (QED) is 0.591. The largest absolute Gasteiger partial charge is 0.497 e. The summed E-state index contributed by atoms with van der Waals surface area (Å²) in [6.07, 6.45) is -1.55. The van der Waals surface area contributed by atoms with Crippen LogP contribution in [0.1, 0.15) is 29.7 Å². The lowest BCUT2D eigenvalue weighted by Gasteiger charge is -2.19. The fraction of sp³-hybridized carbons (Fsp3) is 0.286. The zero-order valence-corrected chi connectivity index (χ0v) is 16.9.